The van der Waals surface area contributed by atoms with Crippen molar-refractivity contribution < 1.29 is 5.11 Å². The van der Waals surface area contributed by atoms with Gasteiger partial charge in [0.25, 0.3) is 0 Å². The quantitative estimate of drug-likeness (QED) is 0.789. The zero-order valence-corrected chi connectivity index (χ0v) is 11.2. The SMILES string of the molecule is CN(CC1(O)CCCCC1)C1CCCNCC1. The molecule has 3 nitrogen and oxygen atoms in total. The Bertz CT molecular complexity index is 218. The molecule has 0 aromatic rings. The second-order valence-corrected chi connectivity index (χ2v) is 6.03. The molecule has 1 unspecified atom stereocenters. The average molecular weight is 240 g/mol. The summed E-state index contributed by atoms with van der Waals surface area (Å²) < 4.78 is 0. The van der Waals surface area contributed by atoms with E-state index in [1.54, 1.807) is 0 Å². The van der Waals surface area contributed by atoms with E-state index in [4.69, 9.17) is 0 Å². The van der Waals surface area contributed by atoms with Crippen molar-refractivity contribution in [2.75, 3.05) is 26.7 Å². The standard InChI is InChI=1S/C14H28N2O/c1-16(13-6-5-10-15-11-7-13)12-14(17)8-3-2-4-9-14/h13,15,17H,2-12H2,1H3. The lowest BCUT2D eigenvalue weighted by molar-refractivity contribution is -0.0302. The molecule has 100 valence electrons. The zero-order chi connectivity index (χ0) is 12.1. The molecule has 0 amide bonds. The Labute approximate surface area is 106 Å². The van der Waals surface area contributed by atoms with Gasteiger partial charge in [-0.15, -0.1) is 0 Å². The number of aliphatic hydroxyl groups is 1. The molecular formula is C14H28N2O. The Kier molecular flexibility index (Phi) is 4.83. The van der Waals surface area contributed by atoms with Gasteiger partial charge in [-0.1, -0.05) is 19.3 Å². The highest BCUT2D eigenvalue weighted by atomic mass is 16.3. The maximum Gasteiger partial charge on any atom is 0.0774 e. The molecule has 1 atom stereocenters. The maximum atomic E-state index is 10.6. The highest BCUT2D eigenvalue weighted by Gasteiger charge is 2.32. The number of likely N-dealkylation sites (N-methyl/N-ethyl adjacent to an activating group) is 1. The van der Waals surface area contributed by atoms with Gasteiger partial charge in [0.2, 0.25) is 0 Å². The van der Waals surface area contributed by atoms with E-state index in [9.17, 15) is 5.11 Å². The number of nitrogens with zero attached hydrogens (tertiary/aromatic N) is 1. The summed E-state index contributed by atoms with van der Waals surface area (Å²) in [7, 11) is 2.20. The predicted octanol–water partition coefficient (Wildman–Crippen LogP) is 1.76. The molecular weight excluding hydrogens is 212 g/mol. The normalized spacial score (nSPS) is 30.2. The lowest BCUT2D eigenvalue weighted by Crippen LogP contribution is -2.46. The summed E-state index contributed by atoms with van der Waals surface area (Å²) in [6.07, 6.45) is 9.50. The second kappa shape index (κ2) is 6.17. The molecule has 0 aromatic carbocycles. The van der Waals surface area contributed by atoms with Gasteiger partial charge in [0.05, 0.1) is 5.60 Å². The molecule has 2 fully saturated rings. The molecule has 1 saturated carbocycles. The van der Waals surface area contributed by atoms with Crippen molar-refractivity contribution in [2.45, 2.75) is 63.0 Å². The van der Waals surface area contributed by atoms with Crippen LogP contribution in [0.4, 0.5) is 0 Å². The fraction of sp³-hybridized carbons (Fsp3) is 1.00. The predicted molar refractivity (Wildman–Crippen MR) is 71.2 cm³/mol. The van der Waals surface area contributed by atoms with Crippen LogP contribution in [0, 0.1) is 0 Å². The molecule has 0 spiro atoms. The van der Waals surface area contributed by atoms with Crippen molar-refractivity contribution in [3.63, 3.8) is 0 Å². The van der Waals surface area contributed by atoms with Crippen LogP contribution < -0.4 is 5.32 Å². The molecule has 2 N–H and O–H groups in total. The zero-order valence-electron chi connectivity index (χ0n) is 11.2. The van der Waals surface area contributed by atoms with Gasteiger partial charge >= 0.3 is 0 Å². The number of rotatable bonds is 3. The molecule has 0 bridgehead atoms. The first-order valence-corrected chi connectivity index (χ1v) is 7.33. The molecule has 1 aliphatic heterocycles. The van der Waals surface area contributed by atoms with Gasteiger partial charge in [-0.2, -0.15) is 0 Å². The molecule has 2 rings (SSSR count). The first kappa shape index (κ1) is 13.3. The minimum Gasteiger partial charge on any atom is -0.389 e. The lowest BCUT2D eigenvalue weighted by atomic mass is 9.84. The topological polar surface area (TPSA) is 35.5 Å². The van der Waals surface area contributed by atoms with Crippen LogP contribution >= 0.6 is 0 Å². The fourth-order valence-electron chi connectivity index (χ4n) is 3.40. The van der Waals surface area contributed by atoms with E-state index in [0.29, 0.717) is 6.04 Å². The van der Waals surface area contributed by atoms with E-state index in [2.05, 4.69) is 17.3 Å². The number of hydrogen-bond donors (Lipinski definition) is 2. The molecule has 3 heteroatoms. The summed E-state index contributed by atoms with van der Waals surface area (Å²) in [4.78, 5) is 2.42. The van der Waals surface area contributed by atoms with Crippen LogP contribution in [0.2, 0.25) is 0 Å². The van der Waals surface area contributed by atoms with E-state index < -0.39 is 5.60 Å². The van der Waals surface area contributed by atoms with Crippen LogP contribution in [-0.4, -0.2) is 48.3 Å². The smallest absolute Gasteiger partial charge is 0.0774 e. The van der Waals surface area contributed by atoms with Crippen LogP contribution in [0.3, 0.4) is 0 Å². The Morgan fingerprint density at radius 3 is 2.65 bits per heavy atom. The van der Waals surface area contributed by atoms with E-state index in [-0.39, 0.29) is 0 Å². The van der Waals surface area contributed by atoms with Crippen LogP contribution in [0.15, 0.2) is 0 Å². The molecule has 0 aromatic heterocycles. The Morgan fingerprint density at radius 1 is 1.12 bits per heavy atom. The van der Waals surface area contributed by atoms with Gasteiger partial charge in [-0.05, 0) is 52.2 Å². The fourth-order valence-corrected chi connectivity index (χ4v) is 3.40. The van der Waals surface area contributed by atoms with Crippen LogP contribution in [0.5, 0.6) is 0 Å². The van der Waals surface area contributed by atoms with Crippen LogP contribution in [0.25, 0.3) is 0 Å². The molecule has 1 heterocycles. The summed E-state index contributed by atoms with van der Waals surface area (Å²) in [6, 6.07) is 0.663. The minimum absolute atomic E-state index is 0.396. The summed E-state index contributed by atoms with van der Waals surface area (Å²) in [5, 5.41) is 14.0. The van der Waals surface area contributed by atoms with Crippen molar-refractivity contribution in [1.82, 2.24) is 10.2 Å². The first-order chi connectivity index (χ1) is 8.20. The third-order valence-electron chi connectivity index (χ3n) is 4.50. The lowest BCUT2D eigenvalue weighted by Gasteiger charge is -2.38. The molecule has 2 aliphatic rings. The second-order valence-electron chi connectivity index (χ2n) is 6.03. The van der Waals surface area contributed by atoms with Crippen molar-refractivity contribution in [1.29, 1.82) is 0 Å². The average Bonchev–Trinajstić information content (AvgIpc) is 2.57. The Balaban J connectivity index is 1.83. The summed E-state index contributed by atoms with van der Waals surface area (Å²) in [5.74, 6) is 0. The van der Waals surface area contributed by atoms with Crippen molar-refractivity contribution >= 4 is 0 Å². The molecule has 1 saturated heterocycles. The van der Waals surface area contributed by atoms with Crippen molar-refractivity contribution in [3.05, 3.63) is 0 Å². The summed E-state index contributed by atoms with van der Waals surface area (Å²) in [5.41, 5.74) is -0.396. The highest BCUT2D eigenvalue weighted by Crippen LogP contribution is 2.29. The van der Waals surface area contributed by atoms with Gasteiger partial charge in [-0.3, -0.25) is 0 Å². The molecule has 1 aliphatic carbocycles. The van der Waals surface area contributed by atoms with Gasteiger partial charge in [0.1, 0.15) is 0 Å². The summed E-state index contributed by atoms with van der Waals surface area (Å²) in [6.45, 7) is 3.17. The third kappa shape index (κ3) is 3.94. The monoisotopic (exact) mass is 240 g/mol. The largest absolute Gasteiger partial charge is 0.389 e. The summed E-state index contributed by atoms with van der Waals surface area (Å²) >= 11 is 0. The van der Waals surface area contributed by atoms with Gasteiger partial charge in [0.15, 0.2) is 0 Å². The first-order valence-electron chi connectivity index (χ1n) is 7.33. The van der Waals surface area contributed by atoms with Crippen LogP contribution in [0.1, 0.15) is 51.4 Å². The van der Waals surface area contributed by atoms with E-state index in [1.807, 2.05) is 0 Å². The maximum absolute atomic E-state index is 10.6. The third-order valence-corrected chi connectivity index (χ3v) is 4.50. The minimum atomic E-state index is -0.396. The van der Waals surface area contributed by atoms with Crippen molar-refractivity contribution in [2.24, 2.45) is 0 Å². The van der Waals surface area contributed by atoms with Crippen molar-refractivity contribution in [3.8, 4) is 0 Å². The Morgan fingerprint density at radius 2 is 1.88 bits per heavy atom. The van der Waals surface area contributed by atoms with Gasteiger partial charge in [-0.25, -0.2) is 0 Å². The highest BCUT2D eigenvalue weighted by molar-refractivity contribution is 4.87. The molecule has 0 radical (unpaired) electrons. The van der Waals surface area contributed by atoms with Gasteiger partial charge in [0, 0.05) is 12.6 Å². The molecule has 17 heavy (non-hydrogen) atoms. The van der Waals surface area contributed by atoms with E-state index >= 15 is 0 Å². The number of nitrogens with one attached hydrogen (secondary N) is 1. The Hall–Kier alpha value is -0.120. The number of hydrogen-bond acceptors (Lipinski definition) is 3. The van der Waals surface area contributed by atoms with Crippen LogP contribution in [-0.2, 0) is 0 Å². The van der Waals surface area contributed by atoms with Gasteiger partial charge < -0.3 is 15.3 Å². The van der Waals surface area contributed by atoms with E-state index in [0.717, 1.165) is 32.5 Å². The van der Waals surface area contributed by atoms with E-state index in [1.165, 1.54) is 38.5 Å².